The predicted octanol–water partition coefficient (Wildman–Crippen LogP) is 1.69. The van der Waals surface area contributed by atoms with Gasteiger partial charge >= 0.3 is 5.97 Å². The Kier molecular flexibility index (Phi) is 5.31. The lowest BCUT2D eigenvalue weighted by Gasteiger charge is -2.13. The number of aliphatic carboxylic acids is 1. The minimum atomic E-state index is -0.926. The van der Waals surface area contributed by atoms with Gasteiger partial charge in [-0.1, -0.05) is 0 Å². The summed E-state index contributed by atoms with van der Waals surface area (Å²) in [7, 11) is 3.42. The van der Waals surface area contributed by atoms with Crippen LogP contribution in [0.15, 0.2) is 18.2 Å². The van der Waals surface area contributed by atoms with Crippen molar-refractivity contribution in [3.05, 3.63) is 28.0 Å². The number of rotatable bonds is 6. The molecule has 110 valence electrons. The minimum absolute atomic E-state index is 0.117. The molecule has 1 aliphatic heterocycles. The molecule has 1 aromatic heterocycles. The molecule has 2 rings (SSSR count). The van der Waals surface area contributed by atoms with Crippen LogP contribution in [0.25, 0.3) is 6.08 Å². The van der Waals surface area contributed by atoms with E-state index in [4.69, 9.17) is 14.6 Å². The fourth-order valence-electron chi connectivity index (χ4n) is 2.34. The lowest BCUT2D eigenvalue weighted by atomic mass is 10.3. The maximum atomic E-state index is 10.5. The monoisotopic (exact) mass is 297 g/mol. The molecule has 0 bridgehead atoms. The summed E-state index contributed by atoms with van der Waals surface area (Å²) in [5, 5.41) is 8.61. The highest BCUT2D eigenvalue weighted by atomic mass is 32.1. The Morgan fingerprint density at radius 3 is 2.60 bits per heavy atom. The summed E-state index contributed by atoms with van der Waals surface area (Å²) >= 11 is 1.61. The zero-order valence-corrected chi connectivity index (χ0v) is 12.4. The average Bonchev–Trinajstić information content (AvgIpc) is 3.03. The summed E-state index contributed by atoms with van der Waals surface area (Å²) in [6.45, 7) is 2.55. The summed E-state index contributed by atoms with van der Waals surface area (Å²) in [6, 6.07) is 3.98. The van der Waals surface area contributed by atoms with Gasteiger partial charge in [0.15, 0.2) is 0 Å². The number of hydrogen-bond acceptors (Lipinski definition) is 5. The number of likely N-dealkylation sites (tertiary alicyclic amines) is 1. The van der Waals surface area contributed by atoms with E-state index in [1.54, 1.807) is 31.6 Å². The molecule has 1 aliphatic rings. The summed E-state index contributed by atoms with van der Waals surface area (Å²) in [6.07, 6.45) is 3.02. The predicted molar refractivity (Wildman–Crippen MR) is 77.9 cm³/mol. The normalized spacial score (nSPS) is 23.7. The smallest absolute Gasteiger partial charge is 0.328 e. The summed E-state index contributed by atoms with van der Waals surface area (Å²) < 4.78 is 10.8. The van der Waals surface area contributed by atoms with Crippen molar-refractivity contribution in [1.82, 2.24) is 4.90 Å². The standard InChI is InChI=1S/C14H19NO4S/c1-18-12-8-15(9-13(12)19-2)7-11-4-3-10(20-11)5-6-14(16)17/h3-6,12-13H,7-9H2,1-2H3,(H,16,17)/b6-5+. The molecule has 1 N–H and O–H groups in total. The summed E-state index contributed by atoms with van der Waals surface area (Å²) in [5.41, 5.74) is 0. The second-order valence-electron chi connectivity index (χ2n) is 4.72. The lowest BCUT2D eigenvalue weighted by molar-refractivity contribution is -0.131. The van der Waals surface area contributed by atoms with E-state index in [-0.39, 0.29) is 12.2 Å². The van der Waals surface area contributed by atoms with Gasteiger partial charge < -0.3 is 14.6 Å². The Morgan fingerprint density at radius 1 is 1.40 bits per heavy atom. The molecule has 2 heterocycles. The Labute approximate surface area is 122 Å². The Hall–Kier alpha value is -1.21. The van der Waals surface area contributed by atoms with Crippen LogP contribution in [0.4, 0.5) is 0 Å². The minimum Gasteiger partial charge on any atom is -0.478 e. The number of carboxylic acid groups (broad SMARTS) is 1. The van der Waals surface area contributed by atoms with Crippen LogP contribution in [-0.4, -0.2) is 55.5 Å². The van der Waals surface area contributed by atoms with Gasteiger partial charge in [-0.05, 0) is 18.2 Å². The van der Waals surface area contributed by atoms with Crippen molar-refractivity contribution in [3.63, 3.8) is 0 Å². The van der Waals surface area contributed by atoms with E-state index in [1.807, 2.05) is 12.1 Å². The molecule has 0 aliphatic carbocycles. The van der Waals surface area contributed by atoms with Gasteiger partial charge in [-0.15, -0.1) is 11.3 Å². The second-order valence-corrected chi connectivity index (χ2v) is 5.92. The lowest BCUT2D eigenvalue weighted by Crippen LogP contribution is -2.27. The molecule has 20 heavy (non-hydrogen) atoms. The highest BCUT2D eigenvalue weighted by Crippen LogP contribution is 2.23. The van der Waals surface area contributed by atoms with Gasteiger partial charge in [0.25, 0.3) is 0 Å². The largest absolute Gasteiger partial charge is 0.478 e. The topological polar surface area (TPSA) is 59.0 Å². The third kappa shape index (κ3) is 3.89. The number of carbonyl (C=O) groups is 1. The van der Waals surface area contributed by atoms with Gasteiger partial charge in [-0.3, -0.25) is 4.90 Å². The first-order chi connectivity index (χ1) is 9.62. The first kappa shape index (κ1) is 15.2. The Balaban J connectivity index is 1.93. The number of methoxy groups -OCH3 is 2. The zero-order chi connectivity index (χ0) is 14.5. The molecule has 0 saturated carbocycles. The Morgan fingerprint density at radius 2 is 2.05 bits per heavy atom. The second kappa shape index (κ2) is 6.99. The van der Waals surface area contributed by atoms with Crippen molar-refractivity contribution in [2.24, 2.45) is 0 Å². The highest BCUT2D eigenvalue weighted by molar-refractivity contribution is 7.12. The number of carboxylic acids is 1. The van der Waals surface area contributed by atoms with Crippen molar-refractivity contribution >= 4 is 23.4 Å². The quantitative estimate of drug-likeness (QED) is 0.810. The number of ether oxygens (including phenoxy) is 2. The first-order valence-corrected chi connectivity index (χ1v) is 7.21. The molecule has 0 radical (unpaired) electrons. The zero-order valence-electron chi connectivity index (χ0n) is 11.6. The molecule has 0 spiro atoms. The van der Waals surface area contributed by atoms with E-state index in [9.17, 15) is 4.79 Å². The summed E-state index contributed by atoms with van der Waals surface area (Å²) in [5.74, 6) is -0.926. The maximum absolute atomic E-state index is 10.5. The average molecular weight is 297 g/mol. The molecule has 0 amide bonds. The molecular formula is C14H19NO4S. The van der Waals surface area contributed by atoms with Gasteiger partial charge in [0, 0.05) is 49.7 Å². The van der Waals surface area contributed by atoms with Crippen LogP contribution in [0.3, 0.4) is 0 Å². The van der Waals surface area contributed by atoms with Crippen LogP contribution in [0.1, 0.15) is 9.75 Å². The molecule has 5 nitrogen and oxygen atoms in total. The van der Waals surface area contributed by atoms with Gasteiger partial charge in [0.05, 0.1) is 12.2 Å². The highest BCUT2D eigenvalue weighted by Gasteiger charge is 2.32. The van der Waals surface area contributed by atoms with Crippen LogP contribution in [0.2, 0.25) is 0 Å². The van der Waals surface area contributed by atoms with E-state index in [1.165, 1.54) is 4.88 Å². The van der Waals surface area contributed by atoms with Crippen molar-refractivity contribution in [2.75, 3.05) is 27.3 Å². The fraction of sp³-hybridized carbons (Fsp3) is 0.500. The molecule has 1 saturated heterocycles. The van der Waals surface area contributed by atoms with E-state index in [0.29, 0.717) is 0 Å². The van der Waals surface area contributed by atoms with Crippen LogP contribution < -0.4 is 0 Å². The number of thiophene rings is 1. The van der Waals surface area contributed by atoms with Crippen LogP contribution in [0.5, 0.6) is 0 Å². The van der Waals surface area contributed by atoms with Crippen LogP contribution in [0, 0.1) is 0 Å². The number of nitrogens with zero attached hydrogens (tertiary/aromatic N) is 1. The molecule has 6 heteroatoms. The van der Waals surface area contributed by atoms with Crippen molar-refractivity contribution < 1.29 is 19.4 Å². The molecular weight excluding hydrogens is 278 g/mol. The number of hydrogen-bond donors (Lipinski definition) is 1. The summed E-state index contributed by atoms with van der Waals surface area (Å²) in [4.78, 5) is 14.9. The van der Waals surface area contributed by atoms with Gasteiger partial charge in [0.1, 0.15) is 0 Å². The van der Waals surface area contributed by atoms with Crippen molar-refractivity contribution in [2.45, 2.75) is 18.8 Å². The Bertz CT molecular complexity index is 473. The van der Waals surface area contributed by atoms with E-state index < -0.39 is 5.97 Å². The third-order valence-electron chi connectivity index (χ3n) is 3.35. The van der Waals surface area contributed by atoms with Crippen LogP contribution >= 0.6 is 11.3 Å². The molecule has 2 atom stereocenters. The SMILES string of the molecule is COC1CN(Cc2ccc(/C=C/C(=O)O)s2)CC1OC. The fourth-order valence-corrected chi connectivity index (χ4v) is 3.30. The van der Waals surface area contributed by atoms with E-state index in [2.05, 4.69) is 4.90 Å². The van der Waals surface area contributed by atoms with Crippen LogP contribution in [-0.2, 0) is 20.8 Å². The molecule has 1 fully saturated rings. The van der Waals surface area contributed by atoms with Gasteiger partial charge in [0.2, 0.25) is 0 Å². The molecule has 0 aromatic carbocycles. The van der Waals surface area contributed by atoms with Gasteiger partial charge in [-0.25, -0.2) is 4.79 Å². The molecule has 1 aromatic rings. The first-order valence-electron chi connectivity index (χ1n) is 6.40. The van der Waals surface area contributed by atoms with Gasteiger partial charge in [-0.2, -0.15) is 0 Å². The maximum Gasteiger partial charge on any atom is 0.328 e. The van der Waals surface area contributed by atoms with Crippen molar-refractivity contribution in [1.29, 1.82) is 0 Å². The molecule has 2 unspecified atom stereocenters. The third-order valence-corrected chi connectivity index (χ3v) is 4.38. The van der Waals surface area contributed by atoms with E-state index >= 15 is 0 Å². The van der Waals surface area contributed by atoms with E-state index in [0.717, 1.165) is 30.6 Å². The van der Waals surface area contributed by atoms with Crippen molar-refractivity contribution in [3.8, 4) is 0 Å².